The molecule has 1 aliphatic rings. The Morgan fingerprint density at radius 1 is 1.46 bits per heavy atom. The average Bonchev–Trinajstić information content (AvgIpc) is 1.78. The summed E-state index contributed by atoms with van der Waals surface area (Å²) in [5.41, 5.74) is -0.0867. The van der Waals surface area contributed by atoms with E-state index >= 15 is 0 Å². The standard InChI is InChI=1S/C10H14O3/c1-7(11)13-9-4-8(12)5-10(2,3)6-9/h4H,5-6H2,1-3H3. The Kier molecular flexibility index (Phi) is 2.55. The fourth-order valence-corrected chi connectivity index (χ4v) is 1.54. The summed E-state index contributed by atoms with van der Waals surface area (Å²) in [5, 5.41) is 0. The Morgan fingerprint density at radius 2 is 2.08 bits per heavy atom. The van der Waals surface area contributed by atoms with Crippen molar-refractivity contribution in [3.8, 4) is 0 Å². The molecule has 0 amide bonds. The van der Waals surface area contributed by atoms with Gasteiger partial charge in [-0.15, -0.1) is 0 Å². The van der Waals surface area contributed by atoms with Crippen LogP contribution in [0.1, 0.15) is 33.6 Å². The van der Waals surface area contributed by atoms with Gasteiger partial charge in [0.25, 0.3) is 0 Å². The van der Waals surface area contributed by atoms with E-state index in [1.165, 1.54) is 13.0 Å². The first-order valence-electron chi connectivity index (χ1n) is 4.31. The van der Waals surface area contributed by atoms with Crippen LogP contribution in [0.15, 0.2) is 11.8 Å². The van der Waals surface area contributed by atoms with Crippen molar-refractivity contribution < 1.29 is 14.3 Å². The van der Waals surface area contributed by atoms with Crippen molar-refractivity contribution in [3.05, 3.63) is 11.8 Å². The first kappa shape index (κ1) is 9.96. The van der Waals surface area contributed by atoms with E-state index in [0.717, 1.165) is 0 Å². The number of hydrogen-bond acceptors (Lipinski definition) is 3. The zero-order valence-corrected chi connectivity index (χ0v) is 8.22. The maximum absolute atomic E-state index is 11.2. The van der Waals surface area contributed by atoms with Gasteiger partial charge in [0.1, 0.15) is 5.76 Å². The highest BCUT2D eigenvalue weighted by Crippen LogP contribution is 2.33. The van der Waals surface area contributed by atoms with Crippen LogP contribution in [0.2, 0.25) is 0 Å². The van der Waals surface area contributed by atoms with Crippen LogP contribution in [0.5, 0.6) is 0 Å². The van der Waals surface area contributed by atoms with Crippen LogP contribution in [-0.4, -0.2) is 11.8 Å². The highest BCUT2D eigenvalue weighted by Gasteiger charge is 2.28. The summed E-state index contributed by atoms with van der Waals surface area (Å²) >= 11 is 0. The number of ketones is 1. The summed E-state index contributed by atoms with van der Waals surface area (Å²) in [6.45, 7) is 5.32. The largest absolute Gasteiger partial charge is 0.431 e. The molecule has 0 aliphatic heterocycles. The molecular weight excluding hydrogens is 168 g/mol. The van der Waals surface area contributed by atoms with Crippen molar-refractivity contribution in [1.29, 1.82) is 0 Å². The molecular formula is C10H14O3. The van der Waals surface area contributed by atoms with Gasteiger partial charge in [0, 0.05) is 25.8 Å². The second-order valence-electron chi connectivity index (χ2n) is 4.19. The van der Waals surface area contributed by atoms with Crippen LogP contribution in [-0.2, 0) is 14.3 Å². The molecule has 0 N–H and O–H groups in total. The van der Waals surface area contributed by atoms with Gasteiger partial charge in [-0.2, -0.15) is 0 Å². The Labute approximate surface area is 77.8 Å². The van der Waals surface area contributed by atoms with E-state index in [0.29, 0.717) is 18.6 Å². The van der Waals surface area contributed by atoms with Crippen LogP contribution in [0.25, 0.3) is 0 Å². The van der Waals surface area contributed by atoms with Crippen molar-refractivity contribution in [1.82, 2.24) is 0 Å². The Bertz CT molecular complexity index is 274. The van der Waals surface area contributed by atoms with Crippen LogP contribution in [0.4, 0.5) is 0 Å². The molecule has 13 heavy (non-hydrogen) atoms. The average molecular weight is 182 g/mol. The van der Waals surface area contributed by atoms with Gasteiger partial charge in [-0.25, -0.2) is 0 Å². The molecule has 1 aliphatic carbocycles. The molecule has 0 heterocycles. The number of esters is 1. The molecule has 0 radical (unpaired) electrons. The van der Waals surface area contributed by atoms with Crippen molar-refractivity contribution in [3.63, 3.8) is 0 Å². The summed E-state index contributed by atoms with van der Waals surface area (Å²) in [5.74, 6) is 0.165. The van der Waals surface area contributed by atoms with E-state index in [1.807, 2.05) is 13.8 Å². The van der Waals surface area contributed by atoms with E-state index in [-0.39, 0.29) is 17.2 Å². The summed E-state index contributed by atoms with van der Waals surface area (Å²) in [6, 6.07) is 0. The highest BCUT2D eigenvalue weighted by molar-refractivity contribution is 5.91. The van der Waals surface area contributed by atoms with Gasteiger partial charge in [-0.3, -0.25) is 9.59 Å². The summed E-state index contributed by atoms with van der Waals surface area (Å²) < 4.78 is 4.90. The number of allylic oxidation sites excluding steroid dienone is 2. The fraction of sp³-hybridized carbons (Fsp3) is 0.600. The molecule has 0 saturated carbocycles. The van der Waals surface area contributed by atoms with Gasteiger partial charge < -0.3 is 4.74 Å². The minimum Gasteiger partial charge on any atom is -0.431 e. The molecule has 0 spiro atoms. The van der Waals surface area contributed by atoms with E-state index in [9.17, 15) is 9.59 Å². The molecule has 0 aromatic rings. The molecule has 0 aromatic heterocycles. The third kappa shape index (κ3) is 3.01. The second-order valence-corrected chi connectivity index (χ2v) is 4.19. The molecule has 0 saturated heterocycles. The maximum Gasteiger partial charge on any atom is 0.307 e. The molecule has 72 valence electrons. The van der Waals surface area contributed by atoms with Crippen molar-refractivity contribution in [2.75, 3.05) is 0 Å². The quantitative estimate of drug-likeness (QED) is 0.581. The van der Waals surface area contributed by atoms with E-state index in [2.05, 4.69) is 0 Å². The second kappa shape index (κ2) is 3.32. The van der Waals surface area contributed by atoms with Crippen molar-refractivity contribution in [2.45, 2.75) is 33.6 Å². The summed E-state index contributed by atoms with van der Waals surface area (Å²) in [4.78, 5) is 21.9. The number of ether oxygens (including phenoxy) is 1. The van der Waals surface area contributed by atoms with E-state index in [1.54, 1.807) is 0 Å². The lowest BCUT2D eigenvalue weighted by molar-refractivity contribution is -0.137. The van der Waals surface area contributed by atoms with Crippen LogP contribution in [0.3, 0.4) is 0 Å². The third-order valence-corrected chi connectivity index (χ3v) is 1.90. The lowest BCUT2D eigenvalue weighted by Gasteiger charge is -2.27. The molecule has 0 aromatic carbocycles. The molecule has 0 unspecified atom stereocenters. The van der Waals surface area contributed by atoms with Crippen LogP contribution < -0.4 is 0 Å². The first-order valence-corrected chi connectivity index (χ1v) is 4.31. The van der Waals surface area contributed by atoms with E-state index in [4.69, 9.17) is 4.74 Å². The summed E-state index contributed by atoms with van der Waals surface area (Å²) in [6.07, 6.45) is 2.60. The first-order chi connectivity index (χ1) is 5.89. The Balaban J connectivity index is 2.75. The Hall–Kier alpha value is -1.12. The number of rotatable bonds is 1. The van der Waals surface area contributed by atoms with Gasteiger partial charge in [0.15, 0.2) is 5.78 Å². The third-order valence-electron chi connectivity index (χ3n) is 1.90. The predicted molar refractivity (Wildman–Crippen MR) is 47.9 cm³/mol. The maximum atomic E-state index is 11.2. The van der Waals surface area contributed by atoms with Gasteiger partial charge in [0.05, 0.1) is 0 Å². The molecule has 3 nitrogen and oxygen atoms in total. The summed E-state index contributed by atoms with van der Waals surface area (Å²) in [7, 11) is 0. The number of carbonyl (C=O) groups excluding carboxylic acids is 2. The minimum absolute atomic E-state index is 0.0347. The SMILES string of the molecule is CC(=O)OC1=CC(=O)CC(C)(C)C1. The molecule has 0 fully saturated rings. The monoisotopic (exact) mass is 182 g/mol. The van der Waals surface area contributed by atoms with Gasteiger partial charge in [-0.05, 0) is 5.41 Å². The zero-order valence-electron chi connectivity index (χ0n) is 8.22. The normalized spacial score (nSPS) is 20.8. The molecule has 0 bridgehead atoms. The smallest absolute Gasteiger partial charge is 0.307 e. The minimum atomic E-state index is -0.364. The van der Waals surface area contributed by atoms with Gasteiger partial charge in [0.2, 0.25) is 0 Å². The van der Waals surface area contributed by atoms with Crippen LogP contribution >= 0.6 is 0 Å². The number of carbonyl (C=O) groups is 2. The van der Waals surface area contributed by atoms with Gasteiger partial charge in [-0.1, -0.05) is 13.8 Å². The molecule has 3 heteroatoms. The van der Waals surface area contributed by atoms with Crippen molar-refractivity contribution in [2.24, 2.45) is 5.41 Å². The fourth-order valence-electron chi connectivity index (χ4n) is 1.54. The topological polar surface area (TPSA) is 43.4 Å². The molecule has 1 rings (SSSR count). The Morgan fingerprint density at radius 3 is 2.54 bits per heavy atom. The van der Waals surface area contributed by atoms with Crippen molar-refractivity contribution >= 4 is 11.8 Å². The lowest BCUT2D eigenvalue weighted by Crippen LogP contribution is -2.23. The lowest BCUT2D eigenvalue weighted by atomic mass is 9.79. The number of hydrogen-bond donors (Lipinski definition) is 0. The van der Waals surface area contributed by atoms with Gasteiger partial charge >= 0.3 is 5.97 Å². The predicted octanol–water partition coefficient (Wildman–Crippen LogP) is 1.82. The van der Waals surface area contributed by atoms with Crippen LogP contribution in [0, 0.1) is 5.41 Å². The molecule has 0 atom stereocenters. The van der Waals surface area contributed by atoms with E-state index < -0.39 is 0 Å². The highest BCUT2D eigenvalue weighted by atomic mass is 16.5. The zero-order chi connectivity index (χ0) is 10.1.